The summed E-state index contributed by atoms with van der Waals surface area (Å²) >= 11 is 0. The van der Waals surface area contributed by atoms with E-state index in [1.54, 1.807) is 28.0 Å². The van der Waals surface area contributed by atoms with Crippen LogP contribution in [0.3, 0.4) is 0 Å². The number of anilines is 1. The summed E-state index contributed by atoms with van der Waals surface area (Å²) in [6, 6.07) is 1.86. The second-order valence-corrected chi connectivity index (χ2v) is 5.33. The largest absolute Gasteiger partial charge is 0.322 e. The summed E-state index contributed by atoms with van der Waals surface area (Å²) in [5.74, 6) is -0.133. The normalized spacial score (nSPS) is 10.9. The van der Waals surface area contributed by atoms with E-state index in [9.17, 15) is 4.79 Å². The van der Waals surface area contributed by atoms with Crippen molar-refractivity contribution in [2.45, 2.75) is 33.5 Å². The third-order valence-electron chi connectivity index (χ3n) is 3.35. The van der Waals surface area contributed by atoms with Gasteiger partial charge in [0.1, 0.15) is 6.54 Å². The zero-order chi connectivity index (χ0) is 16.2. The van der Waals surface area contributed by atoms with Crippen LogP contribution in [0.5, 0.6) is 0 Å². The Bertz CT molecular complexity index is 798. The van der Waals surface area contributed by atoms with Crippen molar-refractivity contribution in [3.8, 4) is 0 Å². The summed E-state index contributed by atoms with van der Waals surface area (Å²) < 4.78 is 5.24. The van der Waals surface area contributed by atoms with Crippen LogP contribution in [0.4, 0.5) is 5.69 Å². The van der Waals surface area contributed by atoms with Crippen LogP contribution in [0, 0.1) is 6.92 Å². The van der Waals surface area contributed by atoms with Crippen LogP contribution in [-0.4, -0.2) is 35.2 Å². The first-order chi connectivity index (χ1) is 11.1. The molecule has 3 aromatic rings. The average molecular weight is 313 g/mol. The number of rotatable bonds is 6. The Morgan fingerprint density at radius 2 is 2.00 bits per heavy atom. The Hall–Kier alpha value is -2.90. The van der Waals surface area contributed by atoms with Gasteiger partial charge in [0.25, 0.3) is 0 Å². The van der Waals surface area contributed by atoms with Crippen LogP contribution >= 0.6 is 0 Å². The monoisotopic (exact) mass is 313 g/mol. The predicted octanol–water partition coefficient (Wildman–Crippen LogP) is 1.29. The van der Waals surface area contributed by atoms with E-state index in [0.717, 1.165) is 17.8 Å². The number of aromatic nitrogens is 6. The Morgan fingerprint density at radius 3 is 2.70 bits per heavy atom. The summed E-state index contributed by atoms with van der Waals surface area (Å²) in [6.45, 7) is 5.57. The molecule has 0 aromatic carbocycles. The van der Waals surface area contributed by atoms with E-state index >= 15 is 0 Å². The Labute approximate surface area is 133 Å². The lowest BCUT2D eigenvalue weighted by molar-refractivity contribution is -0.116. The Kier molecular flexibility index (Phi) is 4.22. The number of nitrogens with one attached hydrogen (secondary N) is 1. The minimum Gasteiger partial charge on any atom is -0.322 e. The highest BCUT2D eigenvalue weighted by Gasteiger charge is 2.07. The lowest BCUT2D eigenvalue weighted by Crippen LogP contribution is -2.18. The molecular formula is C15H19N7O. The zero-order valence-corrected chi connectivity index (χ0v) is 13.2. The highest BCUT2D eigenvalue weighted by Crippen LogP contribution is 2.08. The maximum atomic E-state index is 12.0. The molecule has 0 aliphatic carbocycles. The van der Waals surface area contributed by atoms with Crippen molar-refractivity contribution >= 4 is 11.6 Å². The predicted molar refractivity (Wildman–Crippen MR) is 84.8 cm³/mol. The van der Waals surface area contributed by atoms with Crippen molar-refractivity contribution in [2.24, 2.45) is 0 Å². The van der Waals surface area contributed by atoms with Crippen LogP contribution in [0.1, 0.15) is 18.2 Å². The lowest BCUT2D eigenvalue weighted by atomic mass is 10.4. The van der Waals surface area contributed by atoms with Crippen molar-refractivity contribution in [3.63, 3.8) is 0 Å². The lowest BCUT2D eigenvalue weighted by Gasteiger charge is -2.02. The smallest absolute Gasteiger partial charge is 0.246 e. The van der Waals surface area contributed by atoms with Gasteiger partial charge in [0.2, 0.25) is 5.91 Å². The molecule has 3 heterocycles. The van der Waals surface area contributed by atoms with Gasteiger partial charge in [0.15, 0.2) is 0 Å². The van der Waals surface area contributed by atoms with Gasteiger partial charge in [0, 0.05) is 30.7 Å². The molecule has 0 saturated carbocycles. The van der Waals surface area contributed by atoms with Gasteiger partial charge >= 0.3 is 0 Å². The molecule has 0 bridgehead atoms. The van der Waals surface area contributed by atoms with Crippen molar-refractivity contribution in [1.82, 2.24) is 29.3 Å². The van der Waals surface area contributed by atoms with Crippen LogP contribution in [0.2, 0.25) is 0 Å². The van der Waals surface area contributed by atoms with Crippen molar-refractivity contribution in [1.29, 1.82) is 0 Å². The molecule has 8 heteroatoms. The molecule has 0 aliphatic heterocycles. The fourth-order valence-corrected chi connectivity index (χ4v) is 2.26. The fraction of sp³-hybridized carbons (Fsp3) is 0.333. The highest BCUT2D eigenvalue weighted by molar-refractivity contribution is 5.90. The SMILES string of the molecule is CCn1cc(Cn2cc(NC(=O)Cn3ccc(C)n3)cn2)cn1. The van der Waals surface area contributed by atoms with E-state index in [4.69, 9.17) is 0 Å². The molecule has 8 nitrogen and oxygen atoms in total. The molecule has 3 rings (SSSR count). The zero-order valence-electron chi connectivity index (χ0n) is 13.2. The van der Waals surface area contributed by atoms with E-state index in [1.807, 2.05) is 37.0 Å². The second-order valence-electron chi connectivity index (χ2n) is 5.33. The highest BCUT2D eigenvalue weighted by atomic mass is 16.2. The first-order valence-corrected chi connectivity index (χ1v) is 7.46. The van der Waals surface area contributed by atoms with Crippen LogP contribution in [0.25, 0.3) is 0 Å². The van der Waals surface area contributed by atoms with Crippen molar-refractivity contribution in [3.05, 3.63) is 48.3 Å². The van der Waals surface area contributed by atoms with Crippen LogP contribution in [-0.2, 0) is 24.4 Å². The number of carbonyl (C=O) groups is 1. The Morgan fingerprint density at radius 1 is 1.17 bits per heavy atom. The maximum Gasteiger partial charge on any atom is 0.246 e. The van der Waals surface area contributed by atoms with Gasteiger partial charge in [-0.25, -0.2) is 0 Å². The minimum absolute atomic E-state index is 0.133. The molecule has 0 spiro atoms. The summed E-state index contributed by atoms with van der Waals surface area (Å²) in [6.07, 6.45) is 9.03. The molecule has 1 N–H and O–H groups in total. The summed E-state index contributed by atoms with van der Waals surface area (Å²) in [4.78, 5) is 12.0. The molecule has 0 fully saturated rings. The van der Waals surface area contributed by atoms with Crippen molar-refractivity contribution < 1.29 is 4.79 Å². The third-order valence-corrected chi connectivity index (χ3v) is 3.35. The molecule has 0 radical (unpaired) electrons. The molecule has 3 aromatic heterocycles. The van der Waals surface area contributed by atoms with Gasteiger partial charge in [-0.1, -0.05) is 0 Å². The minimum atomic E-state index is -0.133. The first-order valence-electron chi connectivity index (χ1n) is 7.46. The van der Waals surface area contributed by atoms with Crippen molar-refractivity contribution in [2.75, 3.05) is 5.32 Å². The topological polar surface area (TPSA) is 82.6 Å². The fourth-order valence-electron chi connectivity index (χ4n) is 2.26. The maximum absolute atomic E-state index is 12.0. The molecule has 0 atom stereocenters. The number of hydrogen-bond acceptors (Lipinski definition) is 4. The Balaban J connectivity index is 1.57. The molecule has 0 saturated heterocycles. The van der Waals surface area contributed by atoms with E-state index in [2.05, 4.69) is 20.6 Å². The number of hydrogen-bond donors (Lipinski definition) is 1. The van der Waals surface area contributed by atoms with Gasteiger partial charge in [-0.15, -0.1) is 0 Å². The van der Waals surface area contributed by atoms with Gasteiger partial charge in [-0.2, -0.15) is 15.3 Å². The summed E-state index contributed by atoms with van der Waals surface area (Å²) in [5.41, 5.74) is 2.62. The molecule has 23 heavy (non-hydrogen) atoms. The number of carbonyl (C=O) groups excluding carboxylic acids is 1. The standard InChI is InChI=1S/C15H19N7O/c1-3-20-8-13(6-16-20)9-22-10-14(7-17-22)18-15(23)11-21-5-4-12(2)19-21/h4-8,10H,3,9,11H2,1-2H3,(H,18,23). The molecular weight excluding hydrogens is 294 g/mol. The molecule has 1 amide bonds. The summed E-state index contributed by atoms with van der Waals surface area (Å²) in [7, 11) is 0. The first kappa shape index (κ1) is 15.0. The van der Waals surface area contributed by atoms with Gasteiger partial charge in [-0.3, -0.25) is 18.8 Å². The quantitative estimate of drug-likeness (QED) is 0.743. The number of aryl methyl sites for hydroxylation is 2. The molecule has 0 aliphatic rings. The summed E-state index contributed by atoms with van der Waals surface area (Å²) in [5, 5.41) is 15.5. The van der Waals surface area contributed by atoms with Gasteiger partial charge < -0.3 is 5.32 Å². The van der Waals surface area contributed by atoms with Crippen LogP contribution < -0.4 is 5.32 Å². The second kappa shape index (κ2) is 6.47. The van der Waals surface area contributed by atoms with Crippen LogP contribution in [0.15, 0.2) is 37.1 Å². The van der Waals surface area contributed by atoms with E-state index in [-0.39, 0.29) is 12.5 Å². The number of amides is 1. The van der Waals surface area contributed by atoms with E-state index in [1.165, 1.54) is 0 Å². The van der Waals surface area contributed by atoms with Gasteiger partial charge in [0.05, 0.1) is 30.3 Å². The molecule has 0 unspecified atom stereocenters. The molecule has 120 valence electrons. The number of nitrogens with zero attached hydrogens (tertiary/aromatic N) is 6. The average Bonchev–Trinajstić information content (AvgIpc) is 3.22. The van der Waals surface area contributed by atoms with E-state index < -0.39 is 0 Å². The van der Waals surface area contributed by atoms with E-state index in [0.29, 0.717) is 12.2 Å². The van der Waals surface area contributed by atoms with Gasteiger partial charge in [-0.05, 0) is 19.9 Å². The third kappa shape index (κ3) is 3.85.